The first-order valence-corrected chi connectivity index (χ1v) is 14.6. The number of hydrogen-bond acceptors (Lipinski definition) is 8. The number of ether oxygens (including phenoxy) is 2. The number of sulfone groups is 1. The van der Waals surface area contributed by atoms with Crippen LogP contribution in [0.4, 0.5) is 0 Å². The minimum Gasteiger partial charge on any atom is -0.467 e. The molecule has 37 heavy (non-hydrogen) atoms. The Morgan fingerprint density at radius 1 is 1.11 bits per heavy atom. The van der Waals surface area contributed by atoms with Crippen LogP contribution in [0.25, 0.3) is 0 Å². The van der Waals surface area contributed by atoms with Gasteiger partial charge in [0.25, 0.3) is 0 Å². The Balaban J connectivity index is 1.38. The molecule has 0 radical (unpaired) electrons. The highest BCUT2D eigenvalue weighted by Crippen LogP contribution is 2.40. The van der Waals surface area contributed by atoms with Crippen molar-refractivity contribution in [2.24, 2.45) is 5.92 Å². The predicted octanol–water partition coefficient (Wildman–Crippen LogP) is 3.53. The van der Waals surface area contributed by atoms with Crippen molar-refractivity contribution < 1.29 is 32.6 Å². The van der Waals surface area contributed by atoms with Gasteiger partial charge in [-0.1, -0.05) is 48.5 Å². The van der Waals surface area contributed by atoms with Gasteiger partial charge in [-0.2, -0.15) is 5.06 Å². The summed E-state index contributed by atoms with van der Waals surface area (Å²) in [7, 11) is -2.06. The predicted molar refractivity (Wildman–Crippen MR) is 138 cm³/mol. The number of piperidine rings is 1. The number of carbonyl (C=O) groups is 1. The fourth-order valence-corrected chi connectivity index (χ4v) is 6.81. The van der Waals surface area contributed by atoms with Gasteiger partial charge >= 0.3 is 5.97 Å². The van der Waals surface area contributed by atoms with Crippen LogP contribution in [0.1, 0.15) is 44.1 Å². The molecule has 2 aromatic carbocycles. The molecule has 1 N–H and O–H groups in total. The molecule has 0 aromatic heterocycles. The molecule has 8 nitrogen and oxygen atoms in total. The lowest BCUT2D eigenvalue weighted by Crippen LogP contribution is -2.51. The van der Waals surface area contributed by atoms with Gasteiger partial charge in [-0.3, -0.25) is 4.84 Å². The van der Waals surface area contributed by atoms with E-state index in [1.165, 1.54) is 7.11 Å². The smallest absolute Gasteiger partial charge is 0.337 e. The van der Waals surface area contributed by atoms with E-state index in [0.717, 1.165) is 18.4 Å². The van der Waals surface area contributed by atoms with E-state index in [9.17, 15) is 18.3 Å². The molecule has 0 aliphatic carbocycles. The van der Waals surface area contributed by atoms with Crippen molar-refractivity contribution in [2.45, 2.75) is 74.3 Å². The maximum Gasteiger partial charge on any atom is 0.337 e. The second kappa shape index (κ2) is 13.0. The number of aliphatic hydroxyl groups excluding tert-OH is 1. The summed E-state index contributed by atoms with van der Waals surface area (Å²) < 4.78 is 36.3. The van der Waals surface area contributed by atoms with E-state index in [1.807, 2.05) is 35.4 Å². The van der Waals surface area contributed by atoms with E-state index in [0.29, 0.717) is 43.8 Å². The topological polar surface area (TPSA) is 102 Å². The lowest BCUT2D eigenvalue weighted by Gasteiger charge is -2.43. The Morgan fingerprint density at radius 2 is 1.81 bits per heavy atom. The van der Waals surface area contributed by atoms with Crippen molar-refractivity contribution in [1.82, 2.24) is 5.06 Å². The average molecular weight is 532 g/mol. The van der Waals surface area contributed by atoms with E-state index in [1.54, 1.807) is 30.3 Å². The number of carbonyl (C=O) groups excluding carboxylic acids is 1. The van der Waals surface area contributed by atoms with Crippen LogP contribution in [-0.2, 0) is 35.5 Å². The molecule has 2 heterocycles. The number of benzene rings is 2. The van der Waals surface area contributed by atoms with Crippen LogP contribution in [0.3, 0.4) is 0 Å². The number of aliphatic hydroxyl groups is 1. The second-order valence-corrected chi connectivity index (χ2v) is 12.0. The molecule has 0 spiro atoms. The first kappa shape index (κ1) is 27.7. The van der Waals surface area contributed by atoms with Crippen molar-refractivity contribution >= 4 is 15.8 Å². The third-order valence-electron chi connectivity index (χ3n) is 7.39. The van der Waals surface area contributed by atoms with Gasteiger partial charge in [0.2, 0.25) is 0 Å². The monoisotopic (exact) mass is 531 g/mol. The normalized spacial score (nSPS) is 24.9. The minimum absolute atomic E-state index is 0.00938. The molecule has 9 heteroatoms. The molecule has 0 bridgehead atoms. The molecule has 2 aromatic rings. The lowest BCUT2D eigenvalue weighted by molar-refractivity contribution is -0.227. The fraction of sp³-hybridized carbons (Fsp3) is 0.536. The molecule has 2 aliphatic heterocycles. The Morgan fingerprint density at radius 3 is 2.51 bits per heavy atom. The largest absolute Gasteiger partial charge is 0.467 e. The minimum atomic E-state index is -3.41. The summed E-state index contributed by atoms with van der Waals surface area (Å²) >= 11 is 0. The van der Waals surface area contributed by atoms with Crippen molar-refractivity contribution in [3.63, 3.8) is 0 Å². The summed E-state index contributed by atoms with van der Waals surface area (Å²) in [6, 6.07) is 18.2. The van der Waals surface area contributed by atoms with E-state index in [-0.39, 0.29) is 23.8 Å². The Bertz CT molecular complexity index is 1100. The van der Waals surface area contributed by atoms with Crippen molar-refractivity contribution in [3.8, 4) is 0 Å². The van der Waals surface area contributed by atoms with Crippen molar-refractivity contribution in [1.29, 1.82) is 0 Å². The maximum atomic E-state index is 12.8. The molecule has 0 amide bonds. The van der Waals surface area contributed by atoms with Crippen LogP contribution in [0.5, 0.6) is 0 Å². The van der Waals surface area contributed by atoms with E-state index in [2.05, 4.69) is 0 Å². The zero-order valence-electron chi connectivity index (χ0n) is 21.3. The van der Waals surface area contributed by atoms with Gasteiger partial charge in [0, 0.05) is 31.0 Å². The highest BCUT2D eigenvalue weighted by atomic mass is 32.2. The molecular formula is C28H37NO7S. The zero-order chi connectivity index (χ0) is 26.3. The van der Waals surface area contributed by atoms with E-state index < -0.39 is 28.0 Å². The van der Waals surface area contributed by atoms with Gasteiger partial charge in [-0.25, -0.2) is 13.2 Å². The molecule has 2 aliphatic rings. The molecule has 202 valence electrons. The molecular weight excluding hydrogens is 494 g/mol. The van der Waals surface area contributed by atoms with Crippen molar-refractivity contribution in [3.05, 3.63) is 66.2 Å². The number of hydrogen-bond donors (Lipinski definition) is 1. The standard InChI is InChI=1S/C28H37NO7S/c1-34-28(31)27-19-22-14-15-24(26(30)16-17-35-20-21-9-4-2-5-10-21)25(29(22)36-27)13-8-18-37(32,33)23-11-6-3-7-12-23/h2-7,9-12,22,24-27,30H,8,13-20H2,1H3/t22-,24+,25+,26-,27?/m0/s1. The number of rotatable bonds is 12. The van der Waals surface area contributed by atoms with Gasteiger partial charge < -0.3 is 14.6 Å². The second-order valence-electron chi connectivity index (χ2n) is 9.84. The molecule has 1 unspecified atom stereocenters. The van der Waals surface area contributed by atoms with Crippen LogP contribution in [-0.4, -0.2) is 68.3 Å². The van der Waals surface area contributed by atoms with Gasteiger partial charge in [-0.05, 0) is 49.8 Å². The van der Waals surface area contributed by atoms with Crippen LogP contribution in [0, 0.1) is 5.92 Å². The summed E-state index contributed by atoms with van der Waals surface area (Å²) in [6.45, 7) is 0.897. The highest BCUT2D eigenvalue weighted by Gasteiger charge is 2.48. The van der Waals surface area contributed by atoms with Gasteiger partial charge in [0.15, 0.2) is 15.9 Å². The van der Waals surface area contributed by atoms with Gasteiger partial charge in [0.05, 0.1) is 30.5 Å². The zero-order valence-corrected chi connectivity index (χ0v) is 22.1. The molecule has 2 fully saturated rings. The number of hydroxylamine groups is 2. The van der Waals surface area contributed by atoms with Gasteiger partial charge in [-0.15, -0.1) is 0 Å². The average Bonchev–Trinajstić information content (AvgIpc) is 3.36. The quantitative estimate of drug-likeness (QED) is 0.328. The fourth-order valence-electron chi connectivity index (χ4n) is 5.46. The summed E-state index contributed by atoms with van der Waals surface area (Å²) in [5, 5.41) is 13.0. The van der Waals surface area contributed by atoms with Crippen LogP contribution < -0.4 is 0 Å². The Hall–Kier alpha value is -2.30. The number of nitrogens with zero attached hydrogens (tertiary/aromatic N) is 1. The SMILES string of the molecule is COC(=O)C1C[C@@H]2CC[C@@H]([C@@H](O)CCOCc3ccccc3)[C@@H](CCCS(=O)(=O)c3ccccc3)N2O1. The molecule has 5 atom stereocenters. The lowest BCUT2D eigenvalue weighted by atomic mass is 9.80. The summed E-state index contributed by atoms with van der Waals surface area (Å²) in [4.78, 5) is 18.5. The van der Waals surface area contributed by atoms with E-state index >= 15 is 0 Å². The third kappa shape index (κ3) is 7.18. The third-order valence-corrected chi connectivity index (χ3v) is 9.21. The van der Waals surface area contributed by atoms with E-state index in [4.69, 9.17) is 14.3 Å². The summed E-state index contributed by atoms with van der Waals surface area (Å²) in [5.74, 6) is -0.520. The first-order chi connectivity index (χ1) is 17.9. The Kier molecular flexibility index (Phi) is 9.72. The van der Waals surface area contributed by atoms with Crippen LogP contribution >= 0.6 is 0 Å². The Labute approximate surface area is 219 Å². The van der Waals surface area contributed by atoms with Crippen LogP contribution in [0.15, 0.2) is 65.6 Å². The number of methoxy groups -OCH3 is 1. The summed E-state index contributed by atoms with van der Waals surface area (Å²) in [6.07, 6.45) is 2.22. The number of fused-ring (bicyclic) bond motifs is 1. The van der Waals surface area contributed by atoms with Gasteiger partial charge in [0.1, 0.15) is 0 Å². The maximum absolute atomic E-state index is 12.8. The first-order valence-electron chi connectivity index (χ1n) is 13.0. The summed E-state index contributed by atoms with van der Waals surface area (Å²) in [5.41, 5.74) is 1.08. The highest BCUT2D eigenvalue weighted by molar-refractivity contribution is 7.91. The van der Waals surface area contributed by atoms with Crippen LogP contribution in [0.2, 0.25) is 0 Å². The van der Waals surface area contributed by atoms with Crippen molar-refractivity contribution in [2.75, 3.05) is 19.5 Å². The number of esters is 1. The molecule has 0 saturated carbocycles. The molecule has 4 rings (SSSR count). The molecule has 2 saturated heterocycles.